The van der Waals surface area contributed by atoms with Crippen LogP contribution in [0.4, 0.5) is 11.4 Å². The Morgan fingerprint density at radius 2 is 1.58 bits per heavy atom. The van der Waals surface area contributed by atoms with Gasteiger partial charge in [0.15, 0.2) is 11.5 Å². The minimum Gasteiger partial charge on any atom is -0.504 e. The van der Waals surface area contributed by atoms with E-state index in [1.54, 1.807) is 67.8 Å². The molecule has 8 rings (SSSR count). The Morgan fingerprint density at radius 1 is 0.849 bits per heavy atom. The van der Waals surface area contributed by atoms with Crippen LogP contribution in [-0.2, 0) is 24.6 Å². The van der Waals surface area contributed by atoms with Crippen molar-refractivity contribution in [2.24, 2.45) is 23.7 Å². The van der Waals surface area contributed by atoms with Crippen molar-refractivity contribution in [2.45, 2.75) is 24.2 Å². The van der Waals surface area contributed by atoms with Crippen LogP contribution in [0.3, 0.4) is 0 Å². The molecule has 53 heavy (non-hydrogen) atoms. The molecule has 270 valence electrons. The maximum atomic E-state index is 15.4. The molecule has 0 unspecified atom stereocenters. The molecule has 1 saturated carbocycles. The first-order valence-electron chi connectivity index (χ1n) is 16.9. The van der Waals surface area contributed by atoms with E-state index in [1.165, 1.54) is 24.1 Å². The second-order valence-electron chi connectivity index (χ2n) is 13.6. The summed E-state index contributed by atoms with van der Waals surface area (Å²) >= 11 is 14.9. The molecule has 0 spiro atoms. The smallest absolute Gasteiger partial charge is 0.260 e. The normalized spacial score (nSPS) is 26.2. The number of halogens is 3. The lowest BCUT2D eigenvalue weighted by atomic mass is 9.49. The lowest BCUT2D eigenvalue weighted by molar-refractivity contribution is -0.138. The topological polar surface area (TPSA) is 125 Å². The van der Waals surface area contributed by atoms with Gasteiger partial charge in [-0.1, -0.05) is 53.1 Å². The van der Waals surface area contributed by atoms with Gasteiger partial charge in [-0.25, -0.2) is 0 Å². The van der Waals surface area contributed by atoms with E-state index in [4.69, 9.17) is 32.7 Å². The molecular formula is C40H32Cl2IN3O7. The van der Waals surface area contributed by atoms with Crippen LogP contribution in [0.1, 0.15) is 29.9 Å². The Morgan fingerprint density at radius 3 is 2.26 bits per heavy atom. The van der Waals surface area contributed by atoms with Gasteiger partial charge in [-0.05, 0) is 119 Å². The molecule has 10 nitrogen and oxygen atoms in total. The highest BCUT2D eigenvalue weighted by atomic mass is 127. The number of allylic oxidation sites excluding steroid dienone is 2. The average Bonchev–Trinajstić information content (AvgIpc) is 3.54. The Labute approximate surface area is 328 Å². The third-order valence-electron chi connectivity index (χ3n) is 11.2. The van der Waals surface area contributed by atoms with Gasteiger partial charge in [0.2, 0.25) is 11.8 Å². The maximum Gasteiger partial charge on any atom is 0.260 e. The largest absolute Gasteiger partial charge is 0.504 e. The predicted molar refractivity (Wildman–Crippen MR) is 207 cm³/mol. The van der Waals surface area contributed by atoms with Gasteiger partial charge in [-0.15, -0.1) is 0 Å². The van der Waals surface area contributed by atoms with Gasteiger partial charge in [-0.3, -0.25) is 29.5 Å². The number of hydrogen-bond donors (Lipinski definition) is 2. The summed E-state index contributed by atoms with van der Waals surface area (Å²) in [4.78, 5) is 60.1. The molecule has 0 radical (unpaired) electrons. The van der Waals surface area contributed by atoms with Gasteiger partial charge in [0.1, 0.15) is 5.75 Å². The van der Waals surface area contributed by atoms with Crippen molar-refractivity contribution < 1.29 is 33.8 Å². The Hall–Kier alpha value is -4.59. The van der Waals surface area contributed by atoms with E-state index in [0.29, 0.717) is 33.3 Å². The number of nitrogens with one attached hydrogen (secondary N) is 1. The Balaban J connectivity index is 1.34. The van der Waals surface area contributed by atoms with E-state index in [9.17, 15) is 19.5 Å². The summed E-state index contributed by atoms with van der Waals surface area (Å²) in [5.41, 5.74) is 4.15. The van der Waals surface area contributed by atoms with Crippen LogP contribution >= 0.6 is 45.8 Å². The van der Waals surface area contributed by atoms with Crippen molar-refractivity contribution in [2.75, 3.05) is 24.5 Å². The van der Waals surface area contributed by atoms with Crippen molar-refractivity contribution in [1.29, 1.82) is 0 Å². The molecule has 0 bridgehead atoms. The molecule has 4 aliphatic rings. The molecule has 4 aromatic carbocycles. The lowest BCUT2D eigenvalue weighted by Gasteiger charge is -2.50. The number of fused-ring (bicyclic) bond motifs is 4. The zero-order chi connectivity index (χ0) is 37.3. The number of hydrazine groups is 1. The van der Waals surface area contributed by atoms with Gasteiger partial charge in [0, 0.05) is 14.5 Å². The van der Waals surface area contributed by atoms with Crippen LogP contribution in [-0.4, -0.2) is 48.0 Å². The zero-order valence-electron chi connectivity index (χ0n) is 28.4. The highest BCUT2D eigenvalue weighted by Crippen LogP contribution is 2.64. The number of phenolic OH excluding ortho intramolecular Hbond substituents is 1. The number of amides is 4. The number of carbonyl (C=O) groups is 4. The average molecular weight is 865 g/mol. The van der Waals surface area contributed by atoms with Crippen molar-refractivity contribution in [3.63, 3.8) is 0 Å². The lowest BCUT2D eigenvalue weighted by Crippen LogP contribution is -2.53. The number of imide groups is 2. The summed E-state index contributed by atoms with van der Waals surface area (Å²) in [5, 5.41) is 12.3. The van der Waals surface area contributed by atoms with Gasteiger partial charge in [0.05, 0.1) is 53.8 Å². The fraction of sp³-hybridized carbons (Fsp3) is 0.250. The number of nitrogens with zero attached hydrogens (tertiary/aromatic N) is 2. The molecule has 3 fully saturated rings. The first-order valence-corrected chi connectivity index (χ1v) is 18.8. The summed E-state index contributed by atoms with van der Waals surface area (Å²) < 4.78 is 12.0. The molecule has 13 heteroatoms. The number of benzene rings is 4. The van der Waals surface area contributed by atoms with Crippen molar-refractivity contribution >= 4 is 80.8 Å². The fourth-order valence-corrected chi connectivity index (χ4v) is 9.75. The molecule has 4 amide bonds. The van der Waals surface area contributed by atoms with Gasteiger partial charge < -0.3 is 14.6 Å². The third kappa shape index (κ3) is 5.41. The summed E-state index contributed by atoms with van der Waals surface area (Å²) in [6.45, 7) is 0. The second kappa shape index (κ2) is 13.4. The second-order valence-corrected chi connectivity index (χ2v) is 15.7. The van der Waals surface area contributed by atoms with E-state index in [0.717, 1.165) is 14.2 Å². The van der Waals surface area contributed by atoms with E-state index < -0.39 is 46.8 Å². The molecule has 0 aromatic heterocycles. The molecule has 2 aliphatic carbocycles. The molecule has 2 heterocycles. The van der Waals surface area contributed by atoms with Crippen LogP contribution in [0, 0.1) is 27.2 Å². The molecule has 2 aliphatic heterocycles. The summed E-state index contributed by atoms with van der Waals surface area (Å²) in [6, 6.07) is 23.8. The van der Waals surface area contributed by atoms with Gasteiger partial charge in [0.25, 0.3) is 11.8 Å². The maximum absolute atomic E-state index is 15.4. The summed E-state index contributed by atoms with van der Waals surface area (Å²) in [6.07, 6.45) is 2.35. The molecule has 6 atom stereocenters. The summed E-state index contributed by atoms with van der Waals surface area (Å²) in [7, 11) is 2.98. The third-order valence-corrected chi connectivity index (χ3v) is 12.5. The molecular weight excluding hydrogens is 832 g/mol. The van der Waals surface area contributed by atoms with E-state index in [2.05, 4.69) is 28.0 Å². The van der Waals surface area contributed by atoms with Crippen LogP contribution in [0.2, 0.25) is 10.0 Å². The van der Waals surface area contributed by atoms with Crippen LogP contribution in [0.25, 0.3) is 0 Å². The number of carbonyl (C=O) groups excluding carboxylic acids is 4. The molecule has 2 saturated heterocycles. The van der Waals surface area contributed by atoms with E-state index >= 15 is 4.79 Å². The quantitative estimate of drug-likeness (QED) is 0.111. The summed E-state index contributed by atoms with van der Waals surface area (Å²) in [5.74, 6) is -4.85. The molecule has 4 aromatic rings. The van der Waals surface area contributed by atoms with Crippen LogP contribution in [0.5, 0.6) is 17.2 Å². The van der Waals surface area contributed by atoms with Crippen molar-refractivity contribution in [1.82, 2.24) is 5.01 Å². The number of anilines is 2. The number of rotatable bonds is 7. The first-order chi connectivity index (χ1) is 25.5. The zero-order valence-corrected chi connectivity index (χ0v) is 32.1. The molecule has 2 N–H and O–H groups in total. The highest BCUT2D eigenvalue weighted by Gasteiger charge is 2.70. The first kappa shape index (κ1) is 35.4. The SMILES string of the molecule is COc1ccc([C@@]23C(=O)N(Nc4ccc(Cl)cc4Cl)C(=O)[C@@H]2C[C@@H]2C(=CC[C@@H]4C(=O)N(c5ccc(I)cc5)C(=O)[C@@H]42)[C@@H]3c2ccc(O)c(OC)c2)cc1. The number of phenols is 1. The highest BCUT2D eigenvalue weighted by molar-refractivity contribution is 14.1. The number of ether oxygens (including phenoxy) is 2. The Kier molecular flexibility index (Phi) is 8.94. The van der Waals surface area contributed by atoms with Gasteiger partial charge >= 0.3 is 0 Å². The minimum absolute atomic E-state index is 0.101. The predicted octanol–water partition coefficient (Wildman–Crippen LogP) is 7.51. The van der Waals surface area contributed by atoms with E-state index in [1.807, 2.05) is 18.2 Å². The van der Waals surface area contributed by atoms with Crippen LogP contribution < -0.4 is 19.8 Å². The van der Waals surface area contributed by atoms with Crippen LogP contribution in [0.15, 0.2) is 96.6 Å². The number of hydrogen-bond acceptors (Lipinski definition) is 8. The number of methoxy groups -OCH3 is 2. The minimum atomic E-state index is -1.55. The van der Waals surface area contributed by atoms with Crippen molar-refractivity contribution in [3.05, 3.63) is 121 Å². The Bertz CT molecular complexity index is 2230. The monoisotopic (exact) mass is 863 g/mol. The van der Waals surface area contributed by atoms with E-state index in [-0.39, 0.29) is 41.2 Å². The van der Waals surface area contributed by atoms with Gasteiger partial charge in [-0.2, -0.15) is 5.01 Å². The fourth-order valence-electron chi connectivity index (χ4n) is 8.94. The standard InChI is InChI=1S/C40H32Cl2IN3O7/c1-52-25-11-4-21(5-12-25)40-29(37(49)46(39(40)51)44-31-15-6-22(41)18-30(31)42)19-28-26(35(40)20-3-16-32(47)33(17-20)53-2)13-14-27-34(28)38(50)45(36(27)48)24-9-7-23(43)8-10-24/h3-13,15-18,27-29,34-35,44,47H,14,19H2,1-2H3/t27-,28+,29-,34-,35-,40+/m0/s1. The van der Waals surface area contributed by atoms with Crippen molar-refractivity contribution in [3.8, 4) is 17.2 Å². The number of aromatic hydroxyl groups is 1.